The molecule has 1 aromatic rings. The quantitative estimate of drug-likeness (QED) is 0.731. The third-order valence-electron chi connectivity index (χ3n) is 2.26. The Balaban J connectivity index is 2.58. The Hall–Kier alpha value is -1.32. The molecular weight excluding hydrogens is 206 g/mol. The Labute approximate surface area is 95.9 Å². The van der Waals surface area contributed by atoms with Crippen molar-refractivity contribution in [1.82, 2.24) is 0 Å². The maximum atomic E-state index is 13.0. The second kappa shape index (κ2) is 5.68. The van der Waals surface area contributed by atoms with Crippen molar-refractivity contribution in [3.8, 4) is 0 Å². The van der Waals surface area contributed by atoms with E-state index in [1.807, 2.05) is 26.6 Å². The molecule has 0 aromatic heterocycles. The topological polar surface area (TPSA) is 26.3 Å². The second-order valence-electron chi connectivity index (χ2n) is 4.20. The third-order valence-corrected chi connectivity index (χ3v) is 2.26. The molecule has 1 rings (SSSR count). The number of hydrogen-bond donors (Lipinski definition) is 0. The number of rotatable bonds is 4. The predicted octanol–water partition coefficient (Wildman–Crippen LogP) is 3.11. The van der Waals surface area contributed by atoms with Gasteiger partial charge in [0.15, 0.2) is 0 Å². The molecule has 1 aromatic carbocycles. The van der Waals surface area contributed by atoms with Crippen LogP contribution in [-0.4, -0.2) is 12.9 Å². The predicted molar refractivity (Wildman–Crippen MR) is 63.0 cm³/mol. The second-order valence-corrected chi connectivity index (χ2v) is 4.20. The summed E-state index contributed by atoms with van der Waals surface area (Å²) in [5.41, 5.74) is 0.820. The van der Waals surface area contributed by atoms with Crippen molar-refractivity contribution in [2.75, 3.05) is 0 Å². The maximum absolute atomic E-state index is 13.0. The fourth-order valence-corrected chi connectivity index (χ4v) is 1.49. The lowest BCUT2D eigenvalue weighted by Gasteiger charge is -2.12. The molecule has 4 heteroatoms. The van der Waals surface area contributed by atoms with Crippen LogP contribution in [0.15, 0.2) is 24.3 Å². The highest BCUT2D eigenvalue weighted by molar-refractivity contribution is 6.50. The highest BCUT2D eigenvalue weighted by atomic mass is 19.1. The van der Waals surface area contributed by atoms with Crippen molar-refractivity contribution >= 4 is 12.9 Å². The standard InChI is InChI=1S/C12H16BFO2/c1-9(7-12(15)16-13(2)3)10-5-4-6-11(14)8-10/h4-6,8-9H,7H2,1-3H3. The fourth-order valence-electron chi connectivity index (χ4n) is 1.49. The molecule has 0 aliphatic heterocycles. The number of benzene rings is 1. The molecule has 0 amide bonds. The van der Waals surface area contributed by atoms with Gasteiger partial charge in [0, 0.05) is 0 Å². The summed E-state index contributed by atoms with van der Waals surface area (Å²) in [6.07, 6.45) is 0.279. The zero-order chi connectivity index (χ0) is 12.1. The van der Waals surface area contributed by atoms with E-state index in [0.717, 1.165) is 5.56 Å². The van der Waals surface area contributed by atoms with E-state index in [9.17, 15) is 9.18 Å². The minimum atomic E-state index is -0.276. The fraction of sp³-hybridized carbons (Fsp3) is 0.417. The summed E-state index contributed by atoms with van der Waals surface area (Å²) >= 11 is 0. The van der Waals surface area contributed by atoms with Gasteiger partial charge in [-0.2, -0.15) is 0 Å². The molecule has 86 valence electrons. The third kappa shape index (κ3) is 4.05. The van der Waals surface area contributed by atoms with Crippen LogP contribution in [0.3, 0.4) is 0 Å². The summed E-state index contributed by atoms with van der Waals surface area (Å²) in [6, 6.07) is 6.31. The van der Waals surface area contributed by atoms with Crippen LogP contribution in [0.1, 0.15) is 24.8 Å². The summed E-state index contributed by atoms with van der Waals surface area (Å²) < 4.78 is 18.0. The van der Waals surface area contributed by atoms with E-state index < -0.39 is 0 Å². The molecule has 16 heavy (non-hydrogen) atoms. The minimum Gasteiger partial charge on any atom is -0.537 e. The Morgan fingerprint density at radius 1 is 1.50 bits per heavy atom. The molecule has 0 fully saturated rings. The molecule has 0 heterocycles. The van der Waals surface area contributed by atoms with Crippen molar-refractivity contribution in [3.05, 3.63) is 35.6 Å². The smallest absolute Gasteiger partial charge is 0.355 e. The first-order chi connectivity index (χ1) is 7.49. The molecular formula is C12H16BFO2. The average molecular weight is 222 g/mol. The number of hydrogen-bond acceptors (Lipinski definition) is 2. The van der Waals surface area contributed by atoms with E-state index in [4.69, 9.17) is 4.65 Å². The lowest BCUT2D eigenvalue weighted by molar-refractivity contribution is -0.135. The summed E-state index contributed by atoms with van der Waals surface area (Å²) in [7, 11) is 0. The SMILES string of the molecule is CB(C)OC(=O)CC(C)c1cccc(F)c1. The molecule has 0 saturated carbocycles. The van der Waals surface area contributed by atoms with E-state index in [0.29, 0.717) is 0 Å². The normalized spacial score (nSPS) is 12.0. The van der Waals surface area contributed by atoms with E-state index in [2.05, 4.69) is 0 Å². The van der Waals surface area contributed by atoms with Gasteiger partial charge >= 0.3 is 6.92 Å². The average Bonchev–Trinajstić information content (AvgIpc) is 2.16. The van der Waals surface area contributed by atoms with Gasteiger partial charge in [-0.05, 0) is 37.3 Å². The van der Waals surface area contributed by atoms with Crippen LogP contribution in [0, 0.1) is 5.82 Å². The molecule has 0 N–H and O–H groups in total. The number of carbonyl (C=O) groups is 1. The Morgan fingerprint density at radius 3 is 2.75 bits per heavy atom. The van der Waals surface area contributed by atoms with Gasteiger partial charge in [-0.15, -0.1) is 0 Å². The van der Waals surface area contributed by atoms with Crippen molar-refractivity contribution in [2.45, 2.75) is 32.9 Å². The van der Waals surface area contributed by atoms with Gasteiger partial charge < -0.3 is 4.65 Å². The molecule has 0 spiro atoms. The first-order valence-corrected chi connectivity index (χ1v) is 5.44. The van der Waals surface area contributed by atoms with Crippen molar-refractivity contribution in [3.63, 3.8) is 0 Å². The van der Waals surface area contributed by atoms with E-state index in [-0.39, 0.29) is 31.0 Å². The lowest BCUT2D eigenvalue weighted by Crippen LogP contribution is -2.16. The van der Waals surface area contributed by atoms with Gasteiger partial charge in [0.25, 0.3) is 5.97 Å². The first-order valence-electron chi connectivity index (χ1n) is 5.44. The Morgan fingerprint density at radius 2 is 2.19 bits per heavy atom. The monoisotopic (exact) mass is 222 g/mol. The van der Waals surface area contributed by atoms with E-state index >= 15 is 0 Å². The summed E-state index contributed by atoms with van der Waals surface area (Å²) in [5, 5.41) is 0. The molecule has 0 saturated heterocycles. The van der Waals surface area contributed by atoms with Gasteiger partial charge in [0.05, 0.1) is 6.42 Å². The summed E-state index contributed by atoms with van der Waals surface area (Å²) in [4.78, 5) is 11.4. The molecule has 0 aliphatic rings. The molecule has 0 radical (unpaired) electrons. The van der Waals surface area contributed by atoms with Crippen LogP contribution in [-0.2, 0) is 9.45 Å². The van der Waals surface area contributed by atoms with Crippen LogP contribution in [0.4, 0.5) is 4.39 Å². The van der Waals surface area contributed by atoms with Crippen LogP contribution in [0.25, 0.3) is 0 Å². The molecule has 1 unspecified atom stereocenters. The van der Waals surface area contributed by atoms with Crippen LogP contribution in [0.2, 0.25) is 13.6 Å². The van der Waals surface area contributed by atoms with Crippen molar-refractivity contribution < 1.29 is 13.8 Å². The first kappa shape index (κ1) is 12.8. The van der Waals surface area contributed by atoms with E-state index in [1.165, 1.54) is 12.1 Å². The van der Waals surface area contributed by atoms with Crippen molar-refractivity contribution in [2.24, 2.45) is 0 Å². The number of halogens is 1. The van der Waals surface area contributed by atoms with Crippen LogP contribution < -0.4 is 0 Å². The molecule has 0 bridgehead atoms. The Kier molecular flexibility index (Phi) is 4.53. The van der Waals surface area contributed by atoms with Gasteiger partial charge in [0.1, 0.15) is 5.82 Å². The van der Waals surface area contributed by atoms with Crippen molar-refractivity contribution in [1.29, 1.82) is 0 Å². The molecule has 0 aliphatic carbocycles. The maximum Gasteiger partial charge on any atom is 0.355 e. The van der Waals surface area contributed by atoms with Gasteiger partial charge in [0.2, 0.25) is 0 Å². The summed E-state index contributed by atoms with van der Waals surface area (Å²) in [5.74, 6) is -0.546. The highest BCUT2D eigenvalue weighted by Gasteiger charge is 2.14. The number of carbonyl (C=O) groups excluding carboxylic acids is 1. The Bertz CT molecular complexity index is 366. The van der Waals surface area contributed by atoms with Gasteiger partial charge in [-0.25, -0.2) is 4.39 Å². The minimum absolute atomic E-state index is 0.0260. The van der Waals surface area contributed by atoms with Crippen LogP contribution in [0.5, 0.6) is 0 Å². The summed E-state index contributed by atoms with van der Waals surface area (Å²) in [6.45, 7) is 5.40. The lowest BCUT2D eigenvalue weighted by atomic mass is 9.75. The molecule has 2 nitrogen and oxygen atoms in total. The zero-order valence-corrected chi connectivity index (χ0v) is 9.87. The van der Waals surface area contributed by atoms with Crippen LogP contribution >= 0.6 is 0 Å². The highest BCUT2D eigenvalue weighted by Crippen LogP contribution is 2.20. The van der Waals surface area contributed by atoms with Gasteiger partial charge in [-0.3, -0.25) is 4.79 Å². The van der Waals surface area contributed by atoms with Gasteiger partial charge in [-0.1, -0.05) is 19.1 Å². The molecule has 1 atom stereocenters. The largest absolute Gasteiger partial charge is 0.537 e. The van der Waals surface area contributed by atoms with E-state index in [1.54, 1.807) is 6.07 Å². The zero-order valence-electron chi connectivity index (χ0n) is 9.87.